The molecule has 0 fully saturated rings. The predicted octanol–water partition coefficient (Wildman–Crippen LogP) is 7.39. The first-order valence-electron chi connectivity index (χ1n) is 14.6. The zero-order valence-electron chi connectivity index (χ0n) is 24.5. The lowest BCUT2D eigenvalue weighted by Crippen LogP contribution is -2.47. The highest BCUT2D eigenvalue weighted by Gasteiger charge is 2.55. The van der Waals surface area contributed by atoms with Crippen molar-refractivity contribution >= 4 is 5.71 Å². The standard InChI is InChI=1S/C35H43N2O/c1-32(2)15-9-24-26(11-17-32)36-19-13-28-22(30(36)34(24,5)6)21-23-29(38-28)14-20-37-27-12-18-33(3,4)16-10-25(27)35(7,8)31(23)37/h9-12,15-18,21,28-29H,13-14,19-20H2,1-8H3/q+1. The summed E-state index contributed by atoms with van der Waals surface area (Å²) in [5, 5.41) is 0. The molecule has 5 aliphatic heterocycles. The Bertz CT molecular complexity index is 1440. The highest BCUT2D eigenvalue weighted by atomic mass is 16.5. The van der Waals surface area contributed by atoms with Gasteiger partial charge in [0.05, 0.1) is 17.6 Å². The minimum atomic E-state index is -0.0610. The summed E-state index contributed by atoms with van der Waals surface area (Å²) in [5.74, 6) is 0. The molecule has 3 heteroatoms. The van der Waals surface area contributed by atoms with Crippen LogP contribution in [-0.2, 0) is 4.74 Å². The van der Waals surface area contributed by atoms with E-state index < -0.39 is 0 Å². The third-order valence-electron chi connectivity index (χ3n) is 10.0. The molecule has 0 amide bonds. The van der Waals surface area contributed by atoms with E-state index in [1.165, 1.54) is 45.1 Å². The molecule has 5 heterocycles. The average Bonchev–Trinajstić information content (AvgIpc) is 3.00. The molecule has 0 bridgehead atoms. The molecule has 0 saturated heterocycles. The summed E-state index contributed by atoms with van der Waals surface area (Å²) in [6.45, 7) is 20.8. The van der Waals surface area contributed by atoms with E-state index in [1.54, 1.807) is 0 Å². The van der Waals surface area contributed by atoms with Crippen molar-refractivity contribution < 1.29 is 9.31 Å². The third kappa shape index (κ3) is 3.27. The van der Waals surface area contributed by atoms with Crippen molar-refractivity contribution in [3.63, 3.8) is 0 Å². The number of ether oxygens (including phenoxy) is 1. The molecule has 0 aromatic heterocycles. The van der Waals surface area contributed by atoms with E-state index in [4.69, 9.17) is 4.74 Å². The van der Waals surface area contributed by atoms with Gasteiger partial charge in [0.25, 0.3) is 0 Å². The van der Waals surface area contributed by atoms with Crippen LogP contribution in [-0.4, -0.2) is 40.5 Å². The summed E-state index contributed by atoms with van der Waals surface area (Å²) in [4.78, 5) is 2.61. The minimum absolute atomic E-state index is 0.0610. The van der Waals surface area contributed by atoms with Gasteiger partial charge < -0.3 is 9.64 Å². The quantitative estimate of drug-likeness (QED) is 0.318. The molecule has 0 spiro atoms. The van der Waals surface area contributed by atoms with E-state index in [9.17, 15) is 0 Å². The van der Waals surface area contributed by atoms with Crippen molar-refractivity contribution in [3.8, 4) is 0 Å². The van der Waals surface area contributed by atoms with E-state index in [0.29, 0.717) is 0 Å². The second-order valence-corrected chi connectivity index (χ2v) is 14.6. The molecule has 0 aromatic rings. The monoisotopic (exact) mass is 507 g/mol. The van der Waals surface area contributed by atoms with Crippen molar-refractivity contribution in [3.05, 3.63) is 94.1 Å². The van der Waals surface area contributed by atoms with Crippen LogP contribution < -0.4 is 0 Å². The molecule has 7 rings (SSSR count). The normalized spacial score (nSPS) is 32.8. The molecule has 3 nitrogen and oxygen atoms in total. The van der Waals surface area contributed by atoms with Crippen LogP contribution in [0.15, 0.2) is 94.1 Å². The minimum Gasteiger partial charge on any atom is -0.365 e. The number of hydrogen-bond acceptors (Lipinski definition) is 2. The van der Waals surface area contributed by atoms with E-state index in [0.717, 1.165) is 25.9 Å². The van der Waals surface area contributed by atoms with Crippen molar-refractivity contribution in [2.24, 2.45) is 21.7 Å². The first-order chi connectivity index (χ1) is 17.8. The lowest BCUT2D eigenvalue weighted by atomic mass is 9.73. The average molecular weight is 508 g/mol. The molecule has 0 N–H and O–H groups in total. The molecular weight excluding hydrogens is 464 g/mol. The first-order valence-corrected chi connectivity index (χ1v) is 14.6. The topological polar surface area (TPSA) is 15.5 Å². The van der Waals surface area contributed by atoms with Crippen molar-refractivity contribution in [2.75, 3.05) is 13.1 Å². The predicted molar refractivity (Wildman–Crippen MR) is 156 cm³/mol. The van der Waals surface area contributed by atoms with Crippen LogP contribution in [0.1, 0.15) is 68.2 Å². The van der Waals surface area contributed by atoms with E-state index >= 15 is 0 Å². The summed E-state index contributed by atoms with van der Waals surface area (Å²) in [7, 11) is 0. The van der Waals surface area contributed by atoms with Crippen molar-refractivity contribution in [2.45, 2.75) is 80.4 Å². The van der Waals surface area contributed by atoms with Gasteiger partial charge >= 0.3 is 0 Å². The molecule has 38 heavy (non-hydrogen) atoms. The van der Waals surface area contributed by atoms with Crippen LogP contribution >= 0.6 is 0 Å². The van der Waals surface area contributed by atoms with Gasteiger partial charge in [0.1, 0.15) is 0 Å². The van der Waals surface area contributed by atoms with Crippen LogP contribution in [0.25, 0.3) is 0 Å². The van der Waals surface area contributed by atoms with Crippen LogP contribution in [0.2, 0.25) is 0 Å². The van der Waals surface area contributed by atoms with Crippen LogP contribution in [0.4, 0.5) is 0 Å². The Labute approximate surface area is 229 Å². The zero-order valence-corrected chi connectivity index (χ0v) is 24.5. The fourth-order valence-corrected chi connectivity index (χ4v) is 7.92. The number of fused-ring (bicyclic) bond motifs is 6. The number of hydrogen-bond donors (Lipinski definition) is 0. The maximum atomic E-state index is 7.01. The molecule has 2 atom stereocenters. The van der Waals surface area contributed by atoms with Gasteiger partial charge in [-0.3, -0.25) is 0 Å². The van der Waals surface area contributed by atoms with Gasteiger partial charge in [-0.1, -0.05) is 78.0 Å². The molecule has 2 aliphatic carbocycles. The molecule has 198 valence electrons. The Morgan fingerprint density at radius 3 is 2.16 bits per heavy atom. The zero-order chi connectivity index (χ0) is 26.8. The summed E-state index contributed by atoms with van der Waals surface area (Å²) in [6, 6.07) is 0. The van der Waals surface area contributed by atoms with E-state index in [-0.39, 0.29) is 33.9 Å². The summed E-state index contributed by atoms with van der Waals surface area (Å²) in [5.41, 5.74) is 11.4. The van der Waals surface area contributed by atoms with Gasteiger partial charge in [-0.05, 0) is 38.0 Å². The summed E-state index contributed by atoms with van der Waals surface area (Å²) >= 11 is 0. The second kappa shape index (κ2) is 7.50. The summed E-state index contributed by atoms with van der Waals surface area (Å²) in [6.07, 6.45) is 24.1. The molecule has 7 aliphatic rings. The van der Waals surface area contributed by atoms with Crippen molar-refractivity contribution in [1.29, 1.82) is 0 Å². The lowest BCUT2D eigenvalue weighted by Gasteiger charge is -2.43. The SMILES string of the molecule is CC1(C)C=CC2=C(C=C1)C(C)(C)C1=C3C=C4C5=[N+](CCC4OC3CCN21)C1=C(C=CC(C)(C)C=C1)C5(C)C. The fraction of sp³-hybridized carbons (Fsp3) is 0.514. The smallest absolute Gasteiger partial charge is 0.209 e. The molecule has 2 unspecified atom stereocenters. The second-order valence-electron chi connectivity index (χ2n) is 14.6. The van der Waals surface area contributed by atoms with Gasteiger partial charge in [-0.2, -0.15) is 4.58 Å². The van der Waals surface area contributed by atoms with Crippen LogP contribution in [0.3, 0.4) is 0 Å². The molecule has 0 radical (unpaired) electrons. The molecule has 0 saturated carbocycles. The highest BCUT2D eigenvalue weighted by molar-refractivity contribution is 6.06. The molecular formula is C35H43N2O+. The van der Waals surface area contributed by atoms with Gasteiger partial charge in [-0.15, -0.1) is 0 Å². The first kappa shape index (κ1) is 24.4. The number of nitrogens with zero attached hydrogens (tertiary/aromatic N) is 2. The molecule has 0 aromatic carbocycles. The number of allylic oxidation sites excluding steroid dienone is 10. The maximum absolute atomic E-state index is 7.01. The Hall–Kier alpha value is -2.65. The Morgan fingerprint density at radius 2 is 1.42 bits per heavy atom. The summed E-state index contributed by atoms with van der Waals surface area (Å²) < 4.78 is 9.62. The van der Waals surface area contributed by atoms with Crippen LogP contribution in [0.5, 0.6) is 0 Å². The van der Waals surface area contributed by atoms with Crippen LogP contribution in [0, 0.1) is 21.7 Å². The van der Waals surface area contributed by atoms with E-state index in [2.05, 4.69) is 120 Å². The van der Waals surface area contributed by atoms with E-state index in [1.807, 2.05) is 0 Å². The van der Waals surface area contributed by atoms with Gasteiger partial charge in [0.2, 0.25) is 5.70 Å². The highest BCUT2D eigenvalue weighted by Crippen LogP contribution is 2.55. The van der Waals surface area contributed by atoms with Crippen molar-refractivity contribution in [1.82, 2.24) is 4.90 Å². The van der Waals surface area contributed by atoms with Gasteiger partial charge in [-0.25, -0.2) is 0 Å². The Morgan fingerprint density at radius 1 is 0.763 bits per heavy atom. The van der Waals surface area contributed by atoms with Gasteiger partial charge in [0, 0.05) is 63.4 Å². The Balaban J connectivity index is 1.38. The Kier molecular flexibility index (Phi) is 4.82. The lowest BCUT2D eigenvalue weighted by molar-refractivity contribution is -0.476. The number of rotatable bonds is 0. The largest absolute Gasteiger partial charge is 0.365 e. The van der Waals surface area contributed by atoms with Gasteiger partial charge in [0.15, 0.2) is 12.3 Å². The fourth-order valence-electron chi connectivity index (χ4n) is 7.92. The third-order valence-corrected chi connectivity index (χ3v) is 10.0. The maximum Gasteiger partial charge on any atom is 0.209 e.